The fourth-order valence-corrected chi connectivity index (χ4v) is 4.30. The van der Waals surface area contributed by atoms with Crippen molar-refractivity contribution in [3.63, 3.8) is 0 Å². The summed E-state index contributed by atoms with van der Waals surface area (Å²) in [5.41, 5.74) is 0.645. The van der Waals surface area contributed by atoms with Crippen LogP contribution in [-0.4, -0.2) is 47.7 Å². The van der Waals surface area contributed by atoms with Gasteiger partial charge < -0.3 is 4.90 Å². The molecule has 0 radical (unpaired) electrons. The number of carbonyl (C=O) groups is 2. The number of thiophene rings is 2. The number of nitrogens with zero attached hydrogens (tertiary/aromatic N) is 2. The second-order valence-corrected chi connectivity index (χ2v) is 7.70. The zero-order chi connectivity index (χ0) is 16.2. The van der Waals surface area contributed by atoms with Crippen LogP contribution < -0.4 is 0 Å². The first kappa shape index (κ1) is 16.4. The Hall–Kier alpha value is -1.50. The molecule has 0 atom stereocenters. The third kappa shape index (κ3) is 4.07. The Morgan fingerprint density at radius 1 is 1.17 bits per heavy atom. The molecular formula is C17H20N2O2S2. The van der Waals surface area contributed by atoms with Gasteiger partial charge in [-0.05, 0) is 30.9 Å². The van der Waals surface area contributed by atoms with Crippen LogP contribution in [0.25, 0.3) is 0 Å². The van der Waals surface area contributed by atoms with E-state index in [0.717, 1.165) is 39.1 Å². The van der Waals surface area contributed by atoms with Gasteiger partial charge >= 0.3 is 0 Å². The van der Waals surface area contributed by atoms with E-state index in [4.69, 9.17) is 0 Å². The Kier molecular flexibility index (Phi) is 5.25. The highest BCUT2D eigenvalue weighted by Gasteiger charge is 2.21. The van der Waals surface area contributed by atoms with Crippen LogP contribution in [0.4, 0.5) is 0 Å². The molecule has 1 fully saturated rings. The number of Topliss-reactive ketones (excluding diaryl/α,β-unsaturated/α-hetero) is 1. The normalized spacial score (nSPS) is 16.3. The lowest BCUT2D eigenvalue weighted by Crippen LogP contribution is -2.34. The standard InChI is InChI=1S/C17H20N2O2S2/c1-13(20)16-10-14(12-23-16)17(21)19-6-3-5-18(7-8-19)11-15-4-2-9-22-15/h2,4,9-10,12H,3,5-8,11H2,1H3. The number of carbonyl (C=O) groups excluding carboxylic acids is 2. The molecule has 1 aliphatic rings. The first-order valence-electron chi connectivity index (χ1n) is 7.77. The van der Waals surface area contributed by atoms with Crippen molar-refractivity contribution >= 4 is 34.4 Å². The molecule has 0 aromatic carbocycles. The SMILES string of the molecule is CC(=O)c1cc(C(=O)N2CCCN(Cc3cccs3)CC2)cs1. The van der Waals surface area contributed by atoms with E-state index in [9.17, 15) is 9.59 Å². The van der Waals surface area contributed by atoms with Gasteiger partial charge in [0, 0.05) is 43.0 Å². The van der Waals surface area contributed by atoms with E-state index in [1.807, 2.05) is 4.90 Å². The van der Waals surface area contributed by atoms with Gasteiger partial charge in [0.15, 0.2) is 5.78 Å². The molecule has 1 amide bonds. The maximum atomic E-state index is 12.6. The molecule has 0 spiro atoms. The average Bonchev–Trinajstić information content (AvgIpc) is 3.16. The minimum Gasteiger partial charge on any atom is -0.337 e. The largest absolute Gasteiger partial charge is 0.337 e. The highest BCUT2D eigenvalue weighted by molar-refractivity contribution is 7.12. The van der Waals surface area contributed by atoms with Gasteiger partial charge in [0.05, 0.1) is 10.4 Å². The fourth-order valence-electron chi connectivity index (χ4n) is 2.77. The summed E-state index contributed by atoms with van der Waals surface area (Å²) < 4.78 is 0. The predicted molar refractivity (Wildman–Crippen MR) is 94.4 cm³/mol. The van der Waals surface area contributed by atoms with Crippen molar-refractivity contribution in [1.82, 2.24) is 9.80 Å². The maximum Gasteiger partial charge on any atom is 0.254 e. The van der Waals surface area contributed by atoms with Gasteiger partial charge in [0.2, 0.25) is 0 Å². The molecule has 2 aromatic heterocycles. The topological polar surface area (TPSA) is 40.6 Å². The van der Waals surface area contributed by atoms with Crippen LogP contribution in [0.3, 0.4) is 0 Å². The summed E-state index contributed by atoms with van der Waals surface area (Å²) in [4.78, 5) is 30.4. The second kappa shape index (κ2) is 7.38. The Balaban J connectivity index is 1.60. The van der Waals surface area contributed by atoms with Crippen molar-refractivity contribution < 1.29 is 9.59 Å². The minimum absolute atomic E-state index is 0.0204. The van der Waals surface area contributed by atoms with Crippen LogP contribution in [0.5, 0.6) is 0 Å². The number of ketones is 1. The van der Waals surface area contributed by atoms with Gasteiger partial charge in [-0.3, -0.25) is 14.5 Å². The van der Waals surface area contributed by atoms with Crippen molar-refractivity contribution in [1.29, 1.82) is 0 Å². The molecule has 1 aliphatic heterocycles. The quantitative estimate of drug-likeness (QED) is 0.796. The van der Waals surface area contributed by atoms with Crippen LogP contribution in [0.15, 0.2) is 29.0 Å². The minimum atomic E-state index is 0.0204. The lowest BCUT2D eigenvalue weighted by atomic mass is 10.2. The molecule has 0 N–H and O–H groups in total. The molecule has 3 heterocycles. The molecule has 3 rings (SSSR count). The third-order valence-electron chi connectivity index (χ3n) is 4.03. The zero-order valence-corrected chi connectivity index (χ0v) is 14.8. The summed E-state index contributed by atoms with van der Waals surface area (Å²) in [6.07, 6.45) is 0.987. The molecular weight excluding hydrogens is 328 g/mol. The zero-order valence-electron chi connectivity index (χ0n) is 13.2. The van der Waals surface area contributed by atoms with Crippen molar-refractivity contribution in [3.8, 4) is 0 Å². The van der Waals surface area contributed by atoms with Crippen LogP contribution in [0.1, 0.15) is 38.3 Å². The Morgan fingerprint density at radius 3 is 2.74 bits per heavy atom. The molecule has 0 bridgehead atoms. The van der Waals surface area contributed by atoms with Gasteiger partial charge in [-0.25, -0.2) is 0 Å². The van der Waals surface area contributed by atoms with E-state index >= 15 is 0 Å². The number of rotatable bonds is 4. The first-order valence-corrected chi connectivity index (χ1v) is 9.53. The van der Waals surface area contributed by atoms with Crippen LogP contribution in [-0.2, 0) is 6.54 Å². The van der Waals surface area contributed by atoms with Crippen LogP contribution >= 0.6 is 22.7 Å². The summed E-state index contributed by atoms with van der Waals surface area (Å²) in [5, 5.41) is 3.90. The summed E-state index contributed by atoms with van der Waals surface area (Å²) in [6.45, 7) is 5.94. The molecule has 4 nitrogen and oxygen atoms in total. The molecule has 23 heavy (non-hydrogen) atoms. The highest BCUT2D eigenvalue weighted by Crippen LogP contribution is 2.19. The lowest BCUT2D eigenvalue weighted by Gasteiger charge is -2.21. The predicted octanol–water partition coefficient (Wildman–Crippen LogP) is 3.36. The highest BCUT2D eigenvalue weighted by atomic mass is 32.1. The molecule has 122 valence electrons. The maximum absolute atomic E-state index is 12.6. The van der Waals surface area contributed by atoms with Gasteiger partial charge in [-0.1, -0.05) is 6.07 Å². The molecule has 1 saturated heterocycles. The summed E-state index contributed by atoms with van der Waals surface area (Å²) >= 11 is 3.13. The van der Waals surface area contributed by atoms with Gasteiger partial charge in [0.1, 0.15) is 0 Å². The molecule has 0 aliphatic carbocycles. The van der Waals surface area contributed by atoms with Gasteiger partial charge in [-0.15, -0.1) is 22.7 Å². The average molecular weight is 348 g/mol. The van der Waals surface area contributed by atoms with Crippen molar-refractivity contribution in [2.24, 2.45) is 0 Å². The summed E-state index contributed by atoms with van der Waals surface area (Å²) in [5.74, 6) is 0.0683. The summed E-state index contributed by atoms with van der Waals surface area (Å²) in [6, 6.07) is 5.97. The fraction of sp³-hybridized carbons (Fsp3) is 0.412. The Morgan fingerprint density at radius 2 is 2.04 bits per heavy atom. The van der Waals surface area contributed by atoms with Crippen molar-refractivity contribution in [2.45, 2.75) is 19.9 Å². The monoisotopic (exact) mass is 348 g/mol. The lowest BCUT2D eigenvalue weighted by molar-refractivity contribution is 0.0761. The smallest absolute Gasteiger partial charge is 0.254 e. The van der Waals surface area contributed by atoms with Gasteiger partial charge in [-0.2, -0.15) is 0 Å². The van der Waals surface area contributed by atoms with E-state index in [-0.39, 0.29) is 11.7 Å². The van der Waals surface area contributed by atoms with E-state index in [1.165, 1.54) is 23.1 Å². The first-order chi connectivity index (χ1) is 11.1. The van der Waals surface area contributed by atoms with E-state index in [1.54, 1.807) is 22.8 Å². The number of hydrogen-bond donors (Lipinski definition) is 0. The van der Waals surface area contributed by atoms with E-state index in [0.29, 0.717) is 10.4 Å². The summed E-state index contributed by atoms with van der Waals surface area (Å²) in [7, 11) is 0. The van der Waals surface area contributed by atoms with Crippen LogP contribution in [0, 0.1) is 0 Å². The van der Waals surface area contributed by atoms with E-state index < -0.39 is 0 Å². The third-order valence-corrected chi connectivity index (χ3v) is 5.92. The number of hydrogen-bond acceptors (Lipinski definition) is 5. The second-order valence-electron chi connectivity index (χ2n) is 5.76. The molecule has 0 unspecified atom stereocenters. The van der Waals surface area contributed by atoms with Crippen LogP contribution in [0.2, 0.25) is 0 Å². The van der Waals surface area contributed by atoms with Gasteiger partial charge in [0.25, 0.3) is 5.91 Å². The molecule has 0 saturated carbocycles. The number of amides is 1. The molecule has 6 heteroatoms. The van der Waals surface area contributed by atoms with E-state index in [2.05, 4.69) is 22.4 Å². The van der Waals surface area contributed by atoms with Crippen molar-refractivity contribution in [3.05, 3.63) is 44.3 Å². The Labute approximate surface area is 144 Å². The Bertz CT molecular complexity index is 679. The van der Waals surface area contributed by atoms with Crippen molar-refractivity contribution in [2.75, 3.05) is 26.2 Å². The molecule has 2 aromatic rings.